The molecule has 0 nitrogen and oxygen atoms in total. The minimum Gasteiger partial charge on any atom is -0.0882 e. The van der Waals surface area contributed by atoms with Crippen LogP contribution in [0.25, 0.3) is 0 Å². The van der Waals surface area contributed by atoms with Crippen molar-refractivity contribution in [3.05, 3.63) is 11.6 Å². The van der Waals surface area contributed by atoms with Crippen molar-refractivity contribution in [2.75, 3.05) is 0 Å². The summed E-state index contributed by atoms with van der Waals surface area (Å²) in [5, 5.41) is 0. The van der Waals surface area contributed by atoms with Gasteiger partial charge in [0.15, 0.2) is 0 Å². The molecule has 0 aromatic rings. The van der Waals surface area contributed by atoms with Crippen molar-refractivity contribution in [3.63, 3.8) is 0 Å². The van der Waals surface area contributed by atoms with Crippen molar-refractivity contribution in [1.82, 2.24) is 0 Å². The first-order valence-electron chi connectivity index (χ1n) is 4.73. The van der Waals surface area contributed by atoms with E-state index >= 15 is 0 Å². The van der Waals surface area contributed by atoms with Gasteiger partial charge >= 0.3 is 0 Å². The number of allylic oxidation sites excluding steroid dienone is 2. The molecular weight excluding hydrogens is 132 g/mol. The Morgan fingerprint density at radius 1 is 1.18 bits per heavy atom. The van der Waals surface area contributed by atoms with Gasteiger partial charge in [-0.25, -0.2) is 0 Å². The normalized spacial score (nSPS) is 13.2. The van der Waals surface area contributed by atoms with Crippen LogP contribution in [0.1, 0.15) is 47.5 Å². The monoisotopic (exact) mass is 154 g/mol. The van der Waals surface area contributed by atoms with E-state index in [1.807, 2.05) is 0 Å². The zero-order valence-corrected chi connectivity index (χ0v) is 8.65. The molecule has 0 aromatic heterocycles. The van der Waals surface area contributed by atoms with E-state index in [9.17, 15) is 0 Å². The molecule has 0 unspecified atom stereocenters. The zero-order chi connectivity index (χ0) is 8.85. The van der Waals surface area contributed by atoms with E-state index in [0.29, 0.717) is 0 Å². The molecule has 0 spiro atoms. The summed E-state index contributed by atoms with van der Waals surface area (Å²) < 4.78 is 0. The lowest BCUT2D eigenvalue weighted by molar-refractivity contribution is 0.559. The molecule has 0 aliphatic heterocycles. The highest BCUT2D eigenvalue weighted by atomic mass is 14.1. The fraction of sp³-hybridized carbons (Fsp3) is 0.818. The van der Waals surface area contributed by atoms with Gasteiger partial charge in [-0.2, -0.15) is 0 Å². The SMILES string of the molecule is C/C=C(\CCC(C)C)C(C)C. The van der Waals surface area contributed by atoms with Crippen LogP contribution in [0.15, 0.2) is 11.6 Å². The smallest absolute Gasteiger partial charge is 0.0260 e. The molecule has 0 heteroatoms. The second-order valence-corrected chi connectivity index (χ2v) is 3.95. The molecule has 0 aliphatic carbocycles. The van der Waals surface area contributed by atoms with Gasteiger partial charge in [0.1, 0.15) is 0 Å². The summed E-state index contributed by atoms with van der Waals surface area (Å²) in [4.78, 5) is 0. The molecule has 0 atom stereocenters. The van der Waals surface area contributed by atoms with E-state index in [1.165, 1.54) is 12.8 Å². The summed E-state index contributed by atoms with van der Waals surface area (Å²) in [7, 11) is 0. The van der Waals surface area contributed by atoms with Gasteiger partial charge in [-0.3, -0.25) is 0 Å². The van der Waals surface area contributed by atoms with Crippen LogP contribution in [0.3, 0.4) is 0 Å². The molecule has 0 radical (unpaired) electrons. The molecule has 0 aliphatic rings. The van der Waals surface area contributed by atoms with Crippen LogP contribution in [0.4, 0.5) is 0 Å². The molecular formula is C11H22. The lowest BCUT2D eigenvalue weighted by Crippen LogP contribution is -1.96. The second kappa shape index (κ2) is 5.40. The molecule has 0 saturated heterocycles. The first kappa shape index (κ1) is 10.7. The Morgan fingerprint density at radius 2 is 1.73 bits per heavy atom. The standard InChI is InChI=1S/C11H22/c1-6-11(10(4)5)8-7-9(2)3/h6,9-10H,7-8H2,1-5H3/b11-6+. The van der Waals surface area contributed by atoms with Gasteiger partial charge < -0.3 is 0 Å². The highest BCUT2D eigenvalue weighted by Gasteiger charge is 2.02. The van der Waals surface area contributed by atoms with E-state index in [4.69, 9.17) is 0 Å². The largest absolute Gasteiger partial charge is 0.0882 e. The molecule has 11 heavy (non-hydrogen) atoms. The maximum Gasteiger partial charge on any atom is -0.0260 e. The number of rotatable bonds is 4. The highest BCUT2D eigenvalue weighted by Crippen LogP contribution is 2.18. The van der Waals surface area contributed by atoms with Crippen LogP contribution in [0.5, 0.6) is 0 Å². The van der Waals surface area contributed by atoms with Crippen LogP contribution < -0.4 is 0 Å². The van der Waals surface area contributed by atoms with Gasteiger partial charge in [0.25, 0.3) is 0 Å². The third-order valence-electron chi connectivity index (χ3n) is 2.12. The Labute approximate surface area is 71.7 Å². The Hall–Kier alpha value is -0.260. The van der Waals surface area contributed by atoms with Crippen molar-refractivity contribution in [2.45, 2.75) is 47.5 Å². The number of hydrogen-bond acceptors (Lipinski definition) is 0. The van der Waals surface area contributed by atoms with Crippen molar-refractivity contribution in [1.29, 1.82) is 0 Å². The zero-order valence-electron chi connectivity index (χ0n) is 8.65. The van der Waals surface area contributed by atoms with Gasteiger partial charge in [-0.05, 0) is 31.6 Å². The van der Waals surface area contributed by atoms with Gasteiger partial charge in [-0.1, -0.05) is 39.3 Å². The molecule has 0 N–H and O–H groups in total. The summed E-state index contributed by atoms with van der Waals surface area (Å²) in [5.74, 6) is 1.57. The summed E-state index contributed by atoms with van der Waals surface area (Å²) in [6.45, 7) is 11.3. The molecule has 0 bridgehead atoms. The molecule has 0 rings (SSSR count). The fourth-order valence-electron chi connectivity index (χ4n) is 1.22. The molecule has 66 valence electrons. The fourth-order valence-corrected chi connectivity index (χ4v) is 1.22. The lowest BCUT2D eigenvalue weighted by atomic mass is 9.95. The highest BCUT2D eigenvalue weighted by molar-refractivity contribution is 5.02. The van der Waals surface area contributed by atoms with Gasteiger partial charge in [-0.15, -0.1) is 0 Å². The summed E-state index contributed by atoms with van der Waals surface area (Å²) in [5.41, 5.74) is 1.61. The van der Waals surface area contributed by atoms with Crippen LogP contribution in [-0.4, -0.2) is 0 Å². The summed E-state index contributed by atoms with van der Waals surface area (Å²) in [6, 6.07) is 0. The third kappa shape index (κ3) is 5.06. The Bertz CT molecular complexity index is 118. The molecule has 0 saturated carbocycles. The number of hydrogen-bond donors (Lipinski definition) is 0. The summed E-state index contributed by atoms with van der Waals surface area (Å²) in [6.07, 6.45) is 4.89. The quantitative estimate of drug-likeness (QED) is 0.536. The van der Waals surface area contributed by atoms with E-state index in [0.717, 1.165) is 11.8 Å². The predicted octanol–water partition coefficient (Wildman–Crippen LogP) is 4.02. The topological polar surface area (TPSA) is 0 Å². The van der Waals surface area contributed by atoms with Crippen LogP contribution in [-0.2, 0) is 0 Å². The first-order chi connectivity index (χ1) is 5.07. The van der Waals surface area contributed by atoms with Crippen molar-refractivity contribution < 1.29 is 0 Å². The van der Waals surface area contributed by atoms with Crippen molar-refractivity contribution in [2.24, 2.45) is 11.8 Å². The van der Waals surface area contributed by atoms with E-state index in [2.05, 4.69) is 40.7 Å². The first-order valence-corrected chi connectivity index (χ1v) is 4.73. The van der Waals surface area contributed by atoms with Gasteiger partial charge in [0.2, 0.25) is 0 Å². The Balaban J connectivity index is 3.72. The van der Waals surface area contributed by atoms with E-state index < -0.39 is 0 Å². The maximum atomic E-state index is 2.29. The average molecular weight is 154 g/mol. The van der Waals surface area contributed by atoms with Gasteiger partial charge in [0, 0.05) is 0 Å². The minimum absolute atomic E-state index is 0.735. The molecule has 0 fully saturated rings. The van der Waals surface area contributed by atoms with Crippen molar-refractivity contribution in [3.8, 4) is 0 Å². The lowest BCUT2D eigenvalue weighted by Gasteiger charge is -2.11. The van der Waals surface area contributed by atoms with E-state index in [-0.39, 0.29) is 0 Å². The van der Waals surface area contributed by atoms with E-state index in [1.54, 1.807) is 5.57 Å². The van der Waals surface area contributed by atoms with Gasteiger partial charge in [0.05, 0.1) is 0 Å². The predicted molar refractivity (Wildman–Crippen MR) is 52.7 cm³/mol. The maximum absolute atomic E-state index is 2.29. The average Bonchev–Trinajstić information content (AvgIpc) is 1.87. The van der Waals surface area contributed by atoms with Crippen molar-refractivity contribution >= 4 is 0 Å². The van der Waals surface area contributed by atoms with Crippen LogP contribution in [0.2, 0.25) is 0 Å². The molecule has 0 aromatic carbocycles. The summed E-state index contributed by atoms with van der Waals surface area (Å²) >= 11 is 0. The minimum atomic E-state index is 0.735. The Kier molecular flexibility index (Phi) is 5.27. The second-order valence-electron chi connectivity index (χ2n) is 3.95. The van der Waals surface area contributed by atoms with Crippen LogP contribution >= 0.6 is 0 Å². The Morgan fingerprint density at radius 3 is 2.00 bits per heavy atom. The third-order valence-corrected chi connectivity index (χ3v) is 2.12. The molecule has 0 heterocycles. The molecule has 0 amide bonds. The van der Waals surface area contributed by atoms with Crippen LogP contribution in [0, 0.1) is 11.8 Å².